The molecule has 4 aromatic rings. The lowest BCUT2D eigenvalue weighted by Gasteiger charge is -2.30. The number of aryl methyl sites for hydroxylation is 4. The van der Waals surface area contributed by atoms with Gasteiger partial charge in [-0.2, -0.15) is 4.31 Å². The molecule has 0 aliphatic heterocycles. The third-order valence-corrected chi connectivity index (χ3v) is 9.10. The number of sulfonamides is 1. The summed E-state index contributed by atoms with van der Waals surface area (Å²) >= 11 is 0. The van der Waals surface area contributed by atoms with Crippen LogP contribution in [0.1, 0.15) is 61.3 Å². The predicted molar refractivity (Wildman–Crippen MR) is 150 cm³/mol. The summed E-state index contributed by atoms with van der Waals surface area (Å²) in [6.45, 7) is 11.8. The Balaban J connectivity index is 1.97. The maximum absolute atomic E-state index is 14.2. The molecule has 194 valence electrons. The van der Waals surface area contributed by atoms with Gasteiger partial charge in [-0.05, 0) is 81.5 Å². The summed E-state index contributed by atoms with van der Waals surface area (Å²) in [6.07, 6.45) is 1.50. The minimum absolute atomic E-state index is 0.215. The molecule has 0 aliphatic rings. The second-order valence-corrected chi connectivity index (χ2v) is 11.5. The highest BCUT2D eigenvalue weighted by Crippen LogP contribution is 2.32. The van der Waals surface area contributed by atoms with Crippen molar-refractivity contribution >= 4 is 20.9 Å². The number of hydrogen-bond donors (Lipinski definition) is 0. The van der Waals surface area contributed by atoms with Gasteiger partial charge in [0.05, 0.1) is 27.5 Å². The van der Waals surface area contributed by atoms with E-state index >= 15 is 0 Å². The summed E-state index contributed by atoms with van der Waals surface area (Å²) in [5.41, 5.74) is 4.60. The molecule has 0 amide bonds. The van der Waals surface area contributed by atoms with Gasteiger partial charge in [0, 0.05) is 6.54 Å². The zero-order valence-corrected chi connectivity index (χ0v) is 23.3. The zero-order chi connectivity index (χ0) is 26.9. The predicted octanol–water partition coefficient (Wildman–Crippen LogP) is 6.04. The van der Waals surface area contributed by atoms with Crippen LogP contribution in [0.5, 0.6) is 0 Å². The highest BCUT2D eigenvalue weighted by molar-refractivity contribution is 7.89. The highest BCUT2D eigenvalue weighted by atomic mass is 32.2. The molecule has 1 heterocycles. The van der Waals surface area contributed by atoms with Crippen molar-refractivity contribution in [2.24, 2.45) is 0 Å². The molecule has 0 spiro atoms. The van der Waals surface area contributed by atoms with E-state index in [2.05, 4.69) is 6.92 Å². The number of para-hydroxylation sites is 1. The van der Waals surface area contributed by atoms with E-state index in [1.807, 2.05) is 83.1 Å². The molecule has 37 heavy (non-hydrogen) atoms. The van der Waals surface area contributed by atoms with Crippen LogP contribution in [0.4, 0.5) is 0 Å². The molecule has 0 saturated carbocycles. The smallest absolute Gasteiger partial charge is 0.266 e. The molecular formula is C30H35N3O3S. The molecule has 0 N–H and O–H groups in total. The number of nitrogens with zero attached hydrogens (tertiary/aromatic N) is 3. The number of hydrogen-bond acceptors (Lipinski definition) is 4. The minimum atomic E-state index is -3.89. The van der Waals surface area contributed by atoms with Crippen molar-refractivity contribution in [1.82, 2.24) is 13.9 Å². The lowest BCUT2D eigenvalue weighted by atomic mass is 10.1. The van der Waals surface area contributed by atoms with Crippen LogP contribution in [0.15, 0.2) is 70.4 Å². The Bertz CT molecular complexity index is 1580. The molecule has 0 bridgehead atoms. The van der Waals surface area contributed by atoms with Gasteiger partial charge in [-0.1, -0.05) is 55.8 Å². The summed E-state index contributed by atoms with van der Waals surface area (Å²) in [4.78, 5) is 19.0. The van der Waals surface area contributed by atoms with Crippen molar-refractivity contribution in [3.05, 3.63) is 99.1 Å². The second kappa shape index (κ2) is 10.6. The Hall–Kier alpha value is -3.29. The molecular weight excluding hydrogens is 482 g/mol. The first-order valence-electron chi connectivity index (χ1n) is 12.8. The second-order valence-electron chi connectivity index (χ2n) is 9.67. The van der Waals surface area contributed by atoms with E-state index in [1.54, 1.807) is 16.7 Å². The normalized spacial score (nSPS) is 12.8. The minimum Gasteiger partial charge on any atom is -0.268 e. The van der Waals surface area contributed by atoms with Crippen LogP contribution in [-0.4, -0.2) is 28.8 Å². The third-order valence-electron chi connectivity index (χ3n) is 6.83. The third kappa shape index (κ3) is 4.98. The maximum Gasteiger partial charge on any atom is 0.266 e. The van der Waals surface area contributed by atoms with Gasteiger partial charge in [-0.15, -0.1) is 0 Å². The molecule has 0 saturated heterocycles. The van der Waals surface area contributed by atoms with Gasteiger partial charge in [0.25, 0.3) is 5.56 Å². The van der Waals surface area contributed by atoms with Gasteiger partial charge >= 0.3 is 0 Å². The molecule has 1 aromatic heterocycles. The molecule has 1 unspecified atom stereocenters. The van der Waals surface area contributed by atoms with Crippen molar-refractivity contribution in [1.29, 1.82) is 0 Å². The average Bonchev–Trinajstić information content (AvgIpc) is 2.86. The molecule has 1 atom stereocenters. The molecule has 0 aliphatic carbocycles. The number of benzene rings is 3. The fourth-order valence-electron chi connectivity index (χ4n) is 5.12. The van der Waals surface area contributed by atoms with Crippen molar-refractivity contribution < 1.29 is 8.42 Å². The maximum atomic E-state index is 14.2. The quantitative estimate of drug-likeness (QED) is 0.286. The van der Waals surface area contributed by atoms with E-state index < -0.39 is 16.1 Å². The lowest BCUT2D eigenvalue weighted by molar-refractivity contribution is 0.327. The van der Waals surface area contributed by atoms with Crippen LogP contribution in [0, 0.1) is 20.8 Å². The van der Waals surface area contributed by atoms with E-state index in [1.165, 1.54) is 4.31 Å². The monoisotopic (exact) mass is 517 g/mol. The van der Waals surface area contributed by atoms with Gasteiger partial charge in [-0.3, -0.25) is 9.36 Å². The Labute approximate surface area is 219 Å². The summed E-state index contributed by atoms with van der Waals surface area (Å²) in [6, 6.07) is 18.1. The van der Waals surface area contributed by atoms with Gasteiger partial charge in [0.2, 0.25) is 10.0 Å². The average molecular weight is 518 g/mol. The van der Waals surface area contributed by atoms with Crippen LogP contribution in [0.3, 0.4) is 0 Å². The van der Waals surface area contributed by atoms with E-state index in [9.17, 15) is 13.2 Å². The van der Waals surface area contributed by atoms with Crippen molar-refractivity contribution in [2.45, 2.75) is 65.3 Å². The van der Waals surface area contributed by atoms with Gasteiger partial charge in [0.1, 0.15) is 5.82 Å². The lowest BCUT2D eigenvalue weighted by Crippen LogP contribution is -2.38. The van der Waals surface area contributed by atoms with Crippen molar-refractivity contribution in [3.63, 3.8) is 0 Å². The Morgan fingerprint density at radius 3 is 2.16 bits per heavy atom. The Kier molecular flexibility index (Phi) is 7.67. The number of rotatable bonds is 8. The summed E-state index contributed by atoms with van der Waals surface area (Å²) < 4.78 is 31.4. The van der Waals surface area contributed by atoms with Crippen molar-refractivity contribution in [3.8, 4) is 5.69 Å². The van der Waals surface area contributed by atoms with Crippen LogP contribution < -0.4 is 5.56 Å². The highest BCUT2D eigenvalue weighted by Gasteiger charge is 2.34. The summed E-state index contributed by atoms with van der Waals surface area (Å²) in [7, 11) is -3.89. The zero-order valence-electron chi connectivity index (χ0n) is 22.4. The topological polar surface area (TPSA) is 72.3 Å². The fourth-order valence-corrected chi connectivity index (χ4v) is 7.22. The first-order valence-corrected chi connectivity index (χ1v) is 14.2. The van der Waals surface area contributed by atoms with Gasteiger partial charge < -0.3 is 0 Å². The summed E-state index contributed by atoms with van der Waals surface area (Å²) in [5.74, 6) is 0.396. The Morgan fingerprint density at radius 2 is 1.57 bits per heavy atom. The number of aromatic nitrogens is 2. The molecule has 4 rings (SSSR count). The fraction of sp³-hybridized carbons (Fsp3) is 0.333. The number of fused-ring (bicyclic) bond motifs is 1. The molecule has 0 fully saturated rings. The molecule has 0 radical (unpaired) electrons. The first-order chi connectivity index (χ1) is 17.6. The standard InChI is InChI=1S/C30H35N3O3S/c1-7-17-32(37(35,36)28-21(4)18-20(3)19-22(28)5)23(6)29-31-27-12-10-9-11-26(27)30(34)33(29)25-15-13-24(8-2)14-16-25/h9-16,18-19,23H,7-8,17H2,1-6H3. The van der Waals surface area contributed by atoms with E-state index in [0.29, 0.717) is 51.4 Å². The van der Waals surface area contributed by atoms with Crippen LogP contribution in [0.2, 0.25) is 0 Å². The molecule has 3 aromatic carbocycles. The summed E-state index contributed by atoms with van der Waals surface area (Å²) in [5, 5.41) is 0.494. The SMILES string of the molecule is CCCN(C(C)c1nc2ccccc2c(=O)n1-c1ccc(CC)cc1)S(=O)(=O)c1c(C)cc(C)cc1C. The van der Waals surface area contributed by atoms with E-state index in [4.69, 9.17) is 4.98 Å². The van der Waals surface area contributed by atoms with Crippen LogP contribution in [-0.2, 0) is 16.4 Å². The Morgan fingerprint density at radius 1 is 0.946 bits per heavy atom. The van der Waals surface area contributed by atoms with Crippen LogP contribution >= 0.6 is 0 Å². The van der Waals surface area contributed by atoms with Crippen molar-refractivity contribution in [2.75, 3.05) is 6.54 Å². The van der Waals surface area contributed by atoms with Gasteiger partial charge in [0.15, 0.2) is 0 Å². The largest absolute Gasteiger partial charge is 0.268 e. The van der Waals surface area contributed by atoms with E-state index in [0.717, 1.165) is 17.5 Å². The van der Waals surface area contributed by atoms with Gasteiger partial charge in [-0.25, -0.2) is 13.4 Å². The molecule has 6 nitrogen and oxygen atoms in total. The molecule has 7 heteroatoms. The first kappa shape index (κ1) is 26.8. The van der Waals surface area contributed by atoms with E-state index in [-0.39, 0.29) is 5.56 Å². The van der Waals surface area contributed by atoms with Crippen LogP contribution in [0.25, 0.3) is 16.6 Å².